The minimum absolute atomic E-state index is 0.0488. The molecule has 6 nitrogen and oxygen atoms in total. The molecule has 0 spiro atoms. The Labute approximate surface area is 191 Å². The van der Waals surface area contributed by atoms with E-state index in [-0.39, 0.29) is 11.8 Å². The van der Waals surface area contributed by atoms with Gasteiger partial charge in [-0.15, -0.1) is 0 Å². The number of likely N-dealkylation sites (tertiary alicyclic amines) is 1. The molecule has 1 atom stereocenters. The number of benzene rings is 2. The van der Waals surface area contributed by atoms with Gasteiger partial charge < -0.3 is 9.84 Å². The predicted octanol–water partition coefficient (Wildman–Crippen LogP) is 4.88. The third-order valence-electron chi connectivity index (χ3n) is 5.46. The van der Waals surface area contributed by atoms with Crippen molar-refractivity contribution >= 4 is 29.1 Å². The van der Waals surface area contributed by atoms with Crippen LogP contribution in [0.4, 0.5) is 0 Å². The molecule has 1 N–H and O–H groups in total. The van der Waals surface area contributed by atoms with Gasteiger partial charge in [0.1, 0.15) is 0 Å². The highest BCUT2D eigenvalue weighted by Gasteiger charge is 2.27. The summed E-state index contributed by atoms with van der Waals surface area (Å²) in [5.74, 6) is 0.972. The lowest BCUT2D eigenvalue weighted by atomic mass is 9.97. The van der Waals surface area contributed by atoms with Gasteiger partial charge in [-0.2, -0.15) is 4.98 Å². The van der Waals surface area contributed by atoms with Gasteiger partial charge in [0.15, 0.2) is 0 Å². The van der Waals surface area contributed by atoms with Crippen molar-refractivity contribution < 1.29 is 9.32 Å². The fourth-order valence-corrected chi connectivity index (χ4v) is 4.24. The van der Waals surface area contributed by atoms with Crippen molar-refractivity contribution in [1.82, 2.24) is 20.4 Å². The third-order valence-corrected chi connectivity index (χ3v) is 6.01. The molecule has 0 aliphatic carbocycles. The van der Waals surface area contributed by atoms with Crippen molar-refractivity contribution in [3.05, 3.63) is 69.5 Å². The van der Waals surface area contributed by atoms with Gasteiger partial charge in [0, 0.05) is 23.7 Å². The van der Waals surface area contributed by atoms with E-state index in [0.29, 0.717) is 47.0 Å². The topological polar surface area (TPSA) is 71.3 Å². The number of rotatable bonds is 6. The van der Waals surface area contributed by atoms with Crippen LogP contribution in [0.5, 0.6) is 0 Å². The number of hydrogen-bond donors (Lipinski definition) is 1. The molecule has 3 aromatic rings. The fourth-order valence-electron chi connectivity index (χ4n) is 3.74. The molecule has 2 aromatic carbocycles. The van der Waals surface area contributed by atoms with Gasteiger partial charge in [-0.1, -0.05) is 58.2 Å². The van der Waals surface area contributed by atoms with E-state index in [2.05, 4.69) is 39.4 Å². The summed E-state index contributed by atoms with van der Waals surface area (Å²) in [5.41, 5.74) is 2.99. The average Bonchev–Trinajstić information content (AvgIpc) is 3.21. The molecule has 1 fully saturated rings. The van der Waals surface area contributed by atoms with Gasteiger partial charge >= 0.3 is 0 Å². The second-order valence-corrected chi connectivity index (χ2v) is 8.76. The zero-order chi connectivity index (χ0) is 21.8. The summed E-state index contributed by atoms with van der Waals surface area (Å²) >= 11 is 12.2. The van der Waals surface area contributed by atoms with Gasteiger partial charge in [-0.25, -0.2) is 0 Å². The van der Waals surface area contributed by atoms with Crippen LogP contribution in [0.15, 0.2) is 47.0 Å². The minimum atomic E-state index is -0.0488. The van der Waals surface area contributed by atoms with Crippen LogP contribution in [-0.4, -0.2) is 34.0 Å². The van der Waals surface area contributed by atoms with E-state index in [1.807, 2.05) is 12.1 Å². The van der Waals surface area contributed by atoms with Crippen LogP contribution in [0.25, 0.3) is 11.4 Å². The normalized spacial score (nSPS) is 16.9. The highest BCUT2D eigenvalue weighted by atomic mass is 35.5. The lowest BCUT2D eigenvalue weighted by molar-refractivity contribution is -0.127. The number of nitrogens with one attached hydrogen (secondary N) is 1. The van der Waals surface area contributed by atoms with Crippen molar-refractivity contribution in [1.29, 1.82) is 0 Å². The van der Waals surface area contributed by atoms with Crippen LogP contribution in [0.3, 0.4) is 0 Å². The lowest BCUT2D eigenvalue weighted by Gasteiger charge is -2.30. The number of aromatic nitrogens is 2. The van der Waals surface area contributed by atoms with Gasteiger partial charge in [0.2, 0.25) is 17.6 Å². The second-order valence-electron chi connectivity index (χ2n) is 7.91. The highest BCUT2D eigenvalue weighted by Crippen LogP contribution is 2.28. The van der Waals surface area contributed by atoms with E-state index in [0.717, 1.165) is 24.9 Å². The highest BCUT2D eigenvalue weighted by molar-refractivity contribution is 6.36. The number of halogens is 2. The Hall–Kier alpha value is -2.41. The average molecular weight is 459 g/mol. The first kappa shape index (κ1) is 21.8. The Bertz CT molecular complexity index is 1050. The largest absolute Gasteiger partial charge is 0.352 e. The van der Waals surface area contributed by atoms with E-state index in [9.17, 15) is 4.79 Å². The molecular formula is C23H24Cl2N4O2. The molecule has 0 bridgehead atoms. The number of nitrogens with zero attached hydrogens (tertiary/aromatic N) is 3. The molecule has 1 unspecified atom stereocenters. The third kappa shape index (κ3) is 5.64. The van der Waals surface area contributed by atoms with E-state index >= 15 is 0 Å². The minimum Gasteiger partial charge on any atom is -0.352 e. The Morgan fingerprint density at radius 2 is 2.03 bits per heavy atom. The zero-order valence-corrected chi connectivity index (χ0v) is 18.8. The molecule has 0 radical (unpaired) electrons. The Kier molecular flexibility index (Phi) is 6.90. The van der Waals surface area contributed by atoms with Gasteiger partial charge in [-0.3, -0.25) is 9.69 Å². The number of piperidine rings is 1. The molecule has 31 heavy (non-hydrogen) atoms. The van der Waals surface area contributed by atoms with E-state index < -0.39 is 0 Å². The molecule has 1 saturated heterocycles. The lowest BCUT2D eigenvalue weighted by Crippen LogP contribution is -2.42. The maximum absolute atomic E-state index is 12.7. The molecule has 162 valence electrons. The van der Waals surface area contributed by atoms with Crippen molar-refractivity contribution in [3.63, 3.8) is 0 Å². The molecule has 1 aromatic heterocycles. The van der Waals surface area contributed by atoms with Crippen molar-refractivity contribution in [2.24, 2.45) is 5.92 Å². The van der Waals surface area contributed by atoms with Crippen LogP contribution >= 0.6 is 23.2 Å². The maximum atomic E-state index is 12.7. The van der Waals surface area contributed by atoms with Crippen LogP contribution < -0.4 is 5.32 Å². The number of aryl methyl sites for hydroxylation is 1. The monoisotopic (exact) mass is 458 g/mol. The number of carbonyl (C=O) groups is 1. The molecule has 4 rings (SSSR count). The Morgan fingerprint density at radius 3 is 2.81 bits per heavy atom. The Balaban J connectivity index is 1.33. The fraction of sp³-hybridized carbons (Fsp3) is 0.348. The van der Waals surface area contributed by atoms with Gasteiger partial charge in [0.05, 0.1) is 17.5 Å². The molecule has 2 heterocycles. The zero-order valence-electron chi connectivity index (χ0n) is 17.3. The molecule has 1 aliphatic rings. The second kappa shape index (κ2) is 9.81. The van der Waals surface area contributed by atoms with Crippen LogP contribution in [0, 0.1) is 12.8 Å². The van der Waals surface area contributed by atoms with Gasteiger partial charge in [0.25, 0.3) is 0 Å². The summed E-state index contributed by atoms with van der Waals surface area (Å²) in [5, 5.41) is 8.14. The van der Waals surface area contributed by atoms with Crippen LogP contribution in [0.2, 0.25) is 10.0 Å². The van der Waals surface area contributed by atoms with Crippen molar-refractivity contribution in [2.45, 2.75) is 32.9 Å². The SMILES string of the molecule is Cc1ccc(CNC(=O)C2CCCN(Cc3nc(-c4ccc(Cl)cc4Cl)no3)C2)cc1. The van der Waals surface area contributed by atoms with Crippen LogP contribution in [0.1, 0.15) is 29.9 Å². The summed E-state index contributed by atoms with van der Waals surface area (Å²) in [7, 11) is 0. The molecular weight excluding hydrogens is 435 g/mol. The standard InChI is InChI=1S/C23H24Cl2N4O2/c1-15-4-6-16(7-5-15)12-26-23(30)17-3-2-10-29(13-17)14-21-27-22(28-31-21)19-9-8-18(24)11-20(19)25/h4-9,11,17H,2-3,10,12-14H2,1H3,(H,26,30). The molecule has 0 saturated carbocycles. The summed E-state index contributed by atoms with van der Waals surface area (Å²) < 4.78 is 5.42. The van der Waals surface area contributed by atoms with E-state index in [1.54, 1.807) is 18.2 Å². The summed E-state index contributed by atoms with van der Waals surface area (Å²) in [6.45, 7) is 4.65. The Morgan fingerprint density at radius 1 is 1.23 bits per heavy atom. The van der Waals surface area contributed by atoms with Crippen molar-refractivity contribution in [2.75, 3.05) is 13.1 Å². The molecule has 1 aliphatic heterocycles. The molecule has 8 heteroatoms. The quantitative estimate of drug-likeness (QED) is 0.569. The smallest absolute Gasteiger partial charge is 0.241 e. The first-order chi connectivity index (χ1) is 15.0. The summed E-state index contributed by atoms with van der Waals surface area (Å²) in [6.07, 6.45) is 1.83. The first-order valence-electron chi connectivity index (χ1n) is 10.3. The van der Waals surface area contributed by atoms with Crippen LogP contribution in [-0.2, 0) is 17.9 Å². The summed E-state index contributed by atoms with van der Waals surface area (Å²) in [4.78, 5) is 19.3. The van der Waals surface area contributed by atoms with E-state index in [1.165, 1.54) is 5.56 Å². The number of amides is 1. The first-order valence-corrected chi connectivity index (χ1v) is 11.1. The number of carbonyl (C=O) groups excluding carboxylic acids is 1. The van der Waals surface area contributed by atoms with Crippen molar-refractivity contribution in [3.8, 4) is 11.4 Å². The maximum Gasteiger partial charge on any atom is 0.241 e. The van der Waals surface area contributed by atoms with Gasteiger partial charge in [-0.05, 0) is 50.1 Å². The molecule has 1 amide bonds. The number of hydrogen-bond acceptors (Lipinski definition) is 5. The predicted molar refractivity (Wildman–Crippen MR) is 121 cm³/mol. The van der Waals surface area contributed by atoms with E-state index in [4.69, 9.17) is 27.7 Å². The summed E-state index contributed by atoms with van der Waals surface area (Å²) in [6, 6.07) is 13.4.